The molecule has 0 N–H and O–H groups in total. The topological polar surface area (TPSA) is 57.3 Å². The Bertz CT molecular complexity index is 985. The van der Waals surface area contributed by atoms with Gasteiger partial charge < -0.3 is 9.15 Å². The number of allylic oxidation sites excluding steroid dienone is 1. The van der Waals surface area contributed by atoms with Gasteiger partial charge in [0.25, 0.3) is 0 Å². The fourth-order valence-corrected chi connectivity index (χ4v) is 2.79. The van der Waals surface area contributed by atoms with E-state index in [9.17, 15) is 4.79 Å². The maximum atomic E-state index is 12.3. The lowest BCUT2D eigenvalue weighted by molar-refractivity contribution is 0.104. The number of hydrogen-bond acceptors (Lipinski definition) is 4. The molecule has 0 saturated heterocycles. The molecule has 0 aliphatic carbocycles. The second-order valence-corrected chi connectivity index (χ2v) is 6.54. The number of aryl methyl sites for hydroxylation is 2. The van der Waals surface area contributed by atoms with E-state index in [-0.39, 0.29) is 12.4 Å². The molecule has 27 heavy (non-hydrogen) atoms. The second-order valence-electron chi connectivity index (χ2n) is 6.14. The first-order valence-electron chi connectivity index (χ1n) is 8.71. The number of ketones is 1. The van der Waals surface area contributed by atoms with Crippen molar-refractivity contribution in [2.45, 2.75) is 33.9 Å². The zero-order chi connectivity index (χ0) is 19.4. The highest BCUT2D eigenvalue weighted by Gasteiger charge is 2.11. The molecule has 0 spiro atoms. The van der Waals surface area contributed by atoms with Crippen LogP contribution in [0, 0.1) is 13.8 Å². The summed E-state index contributed by atoms with van der Waals surface area (Å²) in [5, 5.41) is 4.95. The Morgan fingerprint density at radius 3 is 2.85 bits per heavy atom. The Kier molecular flexibility index (Phi) is 5.81. The summed E-state index contributed by atoms with van der Waals surface area (Å²) in [6, 6.07) is 9.15. The van der Waals surface area contributed by atoms with Crippen molar-refractivity contribution < 1.29 is 13.9 Å². The minimum Gasteiger partial charge on any atom is -0.485 e. The molecule has 0 amide bonds. The normalized spacial score (nSPS) is 11.3. The molecule has 0 saturated carbocycles. The molecule has 1 aromatic carbocycles. The molecular formula is C21H21ClN2O3. The highest BCUT2D eigenvalue weighted by atomic mass is 35.5. The number of halogens is 1. The summed E-state index contributed by atoms with van der Waals surface area (Å²) in [6.45, 7) is 6.72. The van der Waals surface area contributed by atoms with Crippen LogP contribution in [0.25, 0.3) is 6.08 Å². The van der Waals surface area contributed by atoms with Gasteiger partial charge in [0.15, 0.2) is 5.78 Å². The van der Waals surface area contributed by atoms with Crippen LogP contribution in [0.15, 0.2) is 47.0 Å². The monoisotopic (exact) mass is 384 g/mol. The fraction of sp³-hybridized carbons (Fsp3) is 0.238. The van der Waals surface area contributed by atoms with Crippen molar-refractivity contribution >= 4 is 23.5 Å². The minimum atomic E-state index is -0.101. The largest absolute Gasteiger partial charge is 0.485 e. The quantitative estimate of drug-likeness (QED) is 0.413. The van der Waals surface area contributed by atoms with Gasteiger partial charge in [0, 0.05) is 23.3 Å². The standard InChI is InChI=1S/C21H21ClN2O3/c1-4-24-12-18(15(3)23-24)20(25)11-10-16-8-9-17(27-16)13-26-21-7-5-6-19(22)14(21)2/h5-12H,4,13H2,1-3H3/b11-10+. The molecule has 0 fully saturated rings. The van der Waals surface area contributed by atoms with Crippen LogP contribution in [0.4, 0.5) is 0 Å². The Hall–Kier alpha value is -2.79. The van der Waals surface area contributed by atoms with Crippen LogP contribution in [0.2, 0.25) is 5.02 Å². The molecule has 0 radical (unpaired) electrons. The van der Waals surface area contributed by atoms with Crippen LogP contribution < -0.4 is 4.74 Å². The van der Waals surface area contributed by atoms with Crippen LogP contribution >= 0.6 is 11.6 Å². The number of carbonyl (C=O) groups is 1. The Balaban J connectivity index is 1.63. The first kappa shape index (κ1) is 19.0. The van der Waals surface area contributed by atoms with Gasteiger partial charge in [-0.2, -0.15) is 5.10 Å². The highest BCUT2D eigenvalue weighted by molar-refractivity contribution is 6.31. The summed E-state index contributed by atoms with van der Waals surface area (Å²) in [6.07, 6.45) is 4.91. The van der Waals surface area contributed by atoms with E-state index in [2.05, 4.69) is 5.10 Å². The third kappa shape index (κ3) is 4.49. The smallest absolute Gasteiger partial charge is 0.189 e. The molecule has 0 aliphatic heterocycles. The van der Waals surface area contributed by atoms with Gasteiger partial charge in [-0.25, -0.2) is 0 Å². The fourth-order valence-electron chi connectivity index (χ4n) is 2.62. The Morgan fingerprint density at radius 1 is 1.30 bits per heavy atom. The van der Waals surface area contributed by atoms with E-state index in [1.54, 1.807) is 23.0 Å². The summed E-state index contributed by atoms with van der Waals surface area (Å²) >= 11 is 6.09. The molecule has 3 rings (SSSR count). The Labute approximate surface area is 163 Å². The summed E-state index contributed by atoms with van der Waals surface area (Å²) < 4.78 is 13.2. The van der Waals surface area contributed by atoms with Gasteiger partial charge in [0.05, 0.1) is 11.3 Å². The third-order valence-corrected chi connectivity index (χ3v) is 4.61. The average molecular weight is 385 g/mol. The van der Waals surface area contributed by atoms with Crippen LogP contribution in [-0.4, -0.2) is 15.6 Å². The SMILES string of the molecule is CCn1cc(C(=O)/C=C/c2ccc(COc3cccc(Cl)c3C)o2)c(C)n1. The number of rotatable bonds is 7. The van der Waals surface area contributed by atoms with Crippen molar-refractivity contribution in [3.63, 3.8) is 0 Å². The number of hydrogen-bond donors (Lipinski definition) is 0. The van der Waals surface area contributed by atoms with E-state index in [0.29, 0.717) is 22.1 Å². The predicted octanol–water partition coefficient (Wildman–Crippen LogP) is 5.24. The van der Waals surface area contributed by atoms with Gasteiger partial charge in [0.2, 0.25) is 0 Å². The number of ether oxygens (including phenoxy) is 1. The molecule has 0 unspecified atom stereocenters. The summed E-state index contributed by atoms with van der Waals surface area (Å²) in [7, 11) is 0. The number of aromatic nitrogens is 2. The number of nitrogens with zero attached hydrogens (tertiary/aromatic N) is 2. The van der Waals surface area contributed by atoms with Crippen molar-refractivity contribution in [1.82, 2.24) is 9.78 Å². The summed E-state index contributed by atoms with van der Waals surface area (Å²) in [4.78, 5) is 12.3. The van der Waals surface area contributed by atoms with Crippen molar-refractivity contribution in [3.8, 4) is 5.75 Å². The molecule has 140 valence electrons. The van der Waals surface area contributed by atoms with E-state index < -0.39 is 0 Å². The first-order valence-corrected chi connectivity index (χ1v) is 9.08. The van der Waals surface area contributed by atoms with Gasteiger partial charge in [-0.1, -0.05) is 17.7 Å². The van der Waals surface area contributed by atoms with Crippen LogP contribution in [0.3, 0.4) is 0 Å². The Morgan fingerprint density at radius 2 is 2.11 bits per heavy atom. The summed E-state index contributed by atoms with van der Waals surface area (Å²) in [5.41, 5.74) is 2.20. The molecule has 2 aromatic heterocycles. The zero-order valence-corrected chi connectivity index (χ0v) is 16.3. The van der Waals surface area contributed by atoms with Crippen molar-refractivity contribution in [1.29, 1.82) is 0 Å². The van der Waals surface area contributed by atoms with E-state index >= 15 is 0 Å². The molecule has 0 bridgehead atoms. The molecule has 6 heteroatoms. The van der Waals surface area contributed by atoms with Crippen molar-refractivity contribution in [2.75, 3.05) is 0 Å². The number of furan rings is 1. The van der Waals surface area contributed by atoms with Crippen LogP contribution in [0.1, 0.15) is 40.1 Å². The van der Waals surface area contributed by atoms with Crippen molar-refractivity contribution in [3.05, 3.63) is 76.0 Å². The van der Waals surface area contributed by atoms with Gasteiger partial charge in [-0.05, 0) is 57.2 Å². The van der Waals surface area contributed by atoms with Gasteiger partial charge in [-0.3, -0.25) is 9.48 Å². The molecule has 3 aromatic rings. The number of benzene rings is 1. The van der Waals surface area contributed by atoms with Gasteiger partial charge in [0.1, 0.15) is 23.9 Å². The zero-order valence-electron chi connectivity index (χ0n) is 15.5. The van der Waals surface area contributed by atoms with Gasteiger partial charge in [-0.15, -0.1) is 0 Å². The molecule has 5 nitrogen and oxygen atoms in total. The highest BCUT2D eigenvalue weighted by Crippen LogP contribution is 2.26. The maximum absolute atomic E-state index is 12.3. The lowest BCUT2D eigenvalue weighted by Crippen LogP contribution is -1.96. The third-order valence-electron chi connectivity index (χ3n) is 4.21. The predicted molar refractivity (Wildman–Crippen MR) is 105 cm³/mol. The van der Waals surface area contributed by atoms with Crippen LogP contribution in [-0.2, 0) is 13.2 Å². The van der Waals surface area contributed by atoms with E-state index in [4.69, 9.17) is 20.8 Å². The minimum absolute atomic E-state index is 0.101. The lowest BCUT2D eigenvalue weighted by Gasteiger charge is -2.08. The van der Waals surface area contributed by atoms with Crippen molar-refractivity contribution in [2.24, 2.45) is 0 Å². The molecular weight excluding hydrogens is 364 g/mol. The van der Waals surface area contributed by atoms with E-state index in [1.165, 1.54) is 6.08 Å². The van der Waals surface area contributed by atoms with Crippen LogP contribution in [0.5, 0.6) is 5.75 Å². The molecule has 0 atom stereocenters. The first-order chi connectivity index (χ1) is 13.0. The summed E-state index contributed by atoms with van der Waals surface area (Å²) in [5.74, 6) is 1.87. The molecule has 0 aliphatic rings. The van der Waals surface area contributed by atoms with Gasteiger partial charge >= 0.3 is 0 Å². The van der Waals surface area contributed by atoms with E-state index in [1.807, 2.05) is 45.0 Å². The lowest BCUT2D eigenvalue weighted by atomic mass is 10.1. The molecule has 2 heterocycles. The maximum Gasteiger partial charge on any atom is 0.189 e. The second kappa shape index (κ2) is 8.27. The number of carbonyl (C=O) groups excluding carboxylic acids is 1. The van der Waals surface area contributed by atoms with E-state index in [0.717, 1.165) is 23.6 Å². The average Bonchev–Trinajstić information content (AvgIpc) is 3.27.